The van der Waals surface area contributed by atoms with Crippen molar-refractivity contribution in [1.29, 1.82) is 0 Å². The molecule has 0 aromatic rings. The summed E-state index contributed by atoms with van der Waals surface area (Å²) >= 11 is 0. The highest BCUT2D eigenvalue weighted by atomic mass is 16.6. The molecule has 0 spiro atoms. The second kappa shape index (κ2) is 5.19. The van der Waals surface area contributed by atoms with Gasteiger partial charge in [0.1, 0.15) is 12.1 Å². The second-order valence-corrected chi connectivity index (χ2v) is 3.35. The summed E-state index contributed by atoms with van der Waals surface area (Å²) in [4.78, 5) is 11.4. The molecule has 0 radical (unpaired) electrons. The Morgan fingerprint density at radius 2 is 2.46 bits per heavy atom. The maximum absolute atomic E-state index is 11.4. The van der Waals surface area contributed by atoms with Crippen LogP contribution in [0.5, 0.6) is 0 Å². The van der Waals surface area contributed by atoms with Gasteiger partial charge in [-0.15, -0.1) is 0 Å². The molecule has 0 amide bonds. The SMILES string of the molecule is COCC(C)OC(=O)[C@H]1CCCN1. The Balaban J connectivity index is 2.23. The lowest BCUT2D eigenvalue weighted by atomic mass is 10.2. The van der Waals surface area contributed by atoms with Crippen molar-refractivity contribution in [2.75, 3.05) is 20.3 Å². The highest BCUT2D eigenvalue weighted by Crippen LogP contribution is 2.07. The van der Waals surface area contributed by atoms with Gasteiger partial charge >= 0.3 is 5.97 Å². The third-order valence-electron chi connectivity index (χ3n) is 2.06. The second-order valence-electron chi connectivity index (χ2n) is 3.35. The van der Waals surface area contributed by atoms with E-state index in [0.717, 1.165) is 19.4 Å². The first kappa shape index (κ1) is 10.5. The van der Waals surface area contributed by atoms with Gasteiger partial charge in [0.25, 0.3) is 0 Å². The molecular weight excluding hydrogens is 170 g/mol. The maximum atomic E-state index is 11.4. The molecule has 76 valence electrons. The Labute approximate surface area is 78.6 Å². The monoisotopic (exact) mass is 187 g/mol. The van der Waals surface area contributed by atoms with Crippen LogP contribution >= 0.6 is 0 Å². The van der Waals surface area contributed by atoms with Crippen molar-refractivity contribution in [3.63, 3.8) is 0 Å². The number of hydrogen-bond donors (Lipinski definition) is 1. The van der Waals surface area contributed by atoms with Crippen molar-refractivity contribution in [3.05, 3.63) is 0 Å². The van der Waals surface area contributed by atoms with Crippen LogP contribution in [0, 0.1) is 0 Å². The third-order valence-corrected chi connectivity index (χ3v) is 2.06. The zero-order valence-corrected chi connectivity index (χ0v) is 8.21. The van der Waals surface area contributed by atoms with Gasteiger partial charge in [-0.05, 0) is 26.3 Å². The molecule has 1 aliphatic rings. The summed E-state index contributed by atoms with van der Waals surface area (Å²) in [6.07, 6.45) is 1.79. The zero-order chi connectivity index (χ0) is 9.68. The van der Waals surface area contributed by atoms with E-state index in [0.29, 0.717) is 6.61 Å². The number of hydrogen-bond acceptors (Lipinski definition) is 4. The molecule has 0 aliphatic carbocycles. The molecule has 1 fully saturated rings. The van der Waals surface area contributed by atoms with Crippen LogP contribution in [0.4, 0.5) is 0 Å². The zero-order valence-electron chi connectivity index (χ0n) is 8.21. The van der Waals surface area contributed by atoms with Gasteiger partial charge in [0.2, 0.25) is 0 Å². The fourth-order valence-corrected chi connectivity index (χ4v) is 1.43. The standard InChI is InChI=1S/C9H17NO3/c1-7(6-12-2)13-9(11)8-4-3-5-10-8/h7-8,10H,3-6H2,1-2H3/t7?,8-/m1/s1. The number of nitrogens with one attached hydrogen (secondary N) is 1. The summed E-state index contributed by atoms with van der Waals surface area (Å²) in [5.41, 5.74) is 0. The number of esters is 1. The number of ether oxygens (including phenoxy) is 2. The molecule has 0 bridgehead atoms. The minimum atomic E-state index is -0.153. The Morgan fingerprint density at radius 3 is 3.00 bits per heavy atom. The van der Waals surface area contributed by atoms with Crippen molar-refractivity contribution in [1.82, 2.24) is 5.32 Å². The molecule has 0 aromatic carbocycles. The van der Waals surface area contributed by atoms with Crippen molar-refractivity contribution in [2.45, 2.75) is 31.9 Å². The van der Waals surface area contributed by atoms with Gasteiger partial charge in [-0.1, -0.05) is 0 Å². The molecule has 0 saturated carbocycles. The number of rotatable bonds is 4. The lowest BCUT2D eigenvalue weighted by molar-refractivity contribution is -0.152. The number of carbonyl (C=O) groups excluding carboxylic acids is 1. The van der Waals surface area contributed by atoms with E-state index in [9.17, 15) is 4.79 Å². The van der Waals surface area contributed by atoms with Crippen molar-refractivity contribution < 1.29 is 14.3 Å². The molecule has 1 rings (SSSR count). The van der Waals surface area contributed by atoms with Crippen LogP contribution in [0.1, 0.15) is 19.8 Å². The van der Waals surface area contributed by atoms with Crippen LogP contribution < -0.4 is 5.32 Å². The third kappa shape index (κ3) is 3.32. The van der Waals surface area contributed by atoms with E-state index >= 15 is 0 Å². The Kier molecular flexibility index (Phi) is 4.18. The topological polar surface area (TPSA) is 47.6 Å². The van der Waals surface area contributed by atoms with E-state index in [1.807, 2.05) is 6.92 Å². The molecule has 2 atom stereocenters. The molecule has 4 nitrogen and oxygen atoms in total. The van der Waals surface area contributed by atoms with Crippen LogP contribution in [0.15, 0.2) is 0 Å². The van der Waals surface area contributed by atoms with Crippen molar-refractivity contribution in [3.8, 4) is 0 Å². The van der Waals surface area contributed by atoms with E-state index in [4.69, 9.17) is 9.47 Å². The summed E-state index contributed by atoms with van der Waals surface area (Å²) in [5, 5.41) is 3.09. The van der Waals surface area contributed by atoms with Gasteiger partial charge in [0, 0.05) is 7.11 Å². The van der Waals surface area contributed by atoms with Crippen LogP contribution in [-0.4, -0.2) is 38.4 Å². The van der Waals surface area contributed by atoms with E-state index in [1.54, 1.807) is 7.11 Å². The van der Waals surface area contributed by atoms with Gasteiger partial charge in [-0.3, -0.25) is 4.79 Å². The minimum Gasteiger partial charge on any atom is -0.459 e. The van der Waals surface area contributed by atoms with Crippen LogP contribution in [-0.2, 0) is 14.3 Å². The highest BCUT2D eigenvalue weighted by molar-refractivity contribution is 5.76. The Morgan fingerprint density at radius 1 is 1.69 bits per heavy atom. The molecule has 1 aliphatic heterocycles. The lowest BCUT2D eigenvalue weighted by Crippen LogP contribution is -2.35. The van der Waals surface area contributed by atoms with Gasteiger partial charge in [0.15, 0.2) is 0 Å². The van der Waals surface area contributed by atoms with Gasteiger partial charge in [-0.25, -0.2) is 0 Å². The first-order valence-electron chi connectivity index (χ1n) is 4.67. The molecule has 1 unspecified atom stereocenters. The molecule has 1 N–H and O–H groups in total. The summed E-state index contributed by atoms with van der Waals surface area (Å²) in [5.74, 6) is -0.151. The molecule has 0 aromatic heterocycles. The first-order valence-corrected chi connectivity index (χ1v) is 4.67. The average molecular weight is 187 g/mol. The maximum Gasteiger partial charge on any atom is 0.323 e. The number of methoxy groups -OCH3 is 1. The fourth-order valence-electron chi connectivity index (χ4n) is 1.43. The summed E-state index contributed by atoms with van der Waals surface area (Å²) in [7, 11) is 1.60. The Bertz CT molecular complexity index is 166. The number of carbonyl (C=O) groups is 1. The lowest BCUT2D eigenvalue weighted by Gasteiger charge is -2.15. The predicted octanol–water partition coefficient (Wildman–Crippen LogP) is 0.317. The van der Waals surface area contributed by atoms with Crippen LogP contribution in [0.25, 0.3) is 0 Å². The summed E-state index contributed by atoms with van der Waals surface area (Å²) in [6.45, 7) is 3.20. The largest absolute Gasteiger partial charge is 0.459 e. The molecule has 1 saturated heterocycles. The molecule has 1 heterocycles. The highest BCUT2D eigenvalue weighted by Gasteiger charge is 2.24. The predicted molar refractivity (Wildman–Crippen MR) is 48.5 cm³/mol. The average Bonchev–Trinajstić information content (AvgIpc) is 2.55. The summed E-state index contributed by atoms with van der Waals surface area (Å²) in [6, 6.07) is -0.0979. The van der Waals surface area contributed by atoms with Gasteiger partial charge in [-0.2, -0.15) is 0 Å². The van der Waals surface area contributed by atoms with Crippen molar-refractivity contribution >= 4 is 5.97 Å². The summed E-state index contributed by atoms with van der Waals surface area (Å²) < 4.78 is 10.0. The Hall–Kier alpha value is -0.610. The van der Waals surface area contributed by atoms with Gasteiger partial charge < -0.3 is 14.8 Å². The van der Waals surface area contributed by atoms with E-state index in [1.165, 1.54) is 0 Å². The fraction of sp³-hybridized carbons (Fsp3) is 0.889. The van der Waals surface area contributed by atoms with E-state index < -0.39 is 0 Å². The normalized spacial score (nSPS) is 24.3. The van der Waals surface area contributed by atoms with E-state index in [2.05, 4.69) is 5.32 Å². The smallest absolute Gasteiger partial charge is 0.323 e. The minimum absolute atomic E-state index is 0.0979. The van der Waals surface area contributed by atoms with E-state index in [-0.39, 0.29) is 18.1 Å². The van der Waals surface area contributed by atoms with Crippen LogP contribution in [0.3, 0.4) is 0 Å². The first-order chi connectivity index (χ1) is 6.24. The van der Waals surface area contributed by atoms with Crippen LogP contribution in [0.2, 0.25) is 0 Å². The molecular formula is C9H17NO3. The van der Waals surface area contributed by atoms with Gasteiger partial charge in [0.05, 0.1) is 6.61 Å². The quantitative estimate of drug-likeness (QED) is 0.644. The van der Waals surface area contributed by atoms with Crippen molar-refractivity contribution in [2.24, 2.45) is 0 Å². The molecule has 4 heteroatoms. The molecule has 13 heavy (non-hydrogen) atoms.